The molecule has 25 heavy (non-hydrogen) atoms. The maximum absolute atomic E-state index is 13.3. The molecule has 1 fully saturated rings. The molecule has 132 valence electrons. The van der Waals surface area contributed by atoms with Crippen LogP contribution in [0, 0.1) is 23.6 Å². The Hall–Kier alpha value is -1.96. The number of aromatic nitrogens is 1. The average molecular weight is 337 g/mol. The molecule has 0 N–H and O–H groups in total. The highest BCUT2D eigenvalue weighted by Gasteiger charge is 2.26. The fourth-order valence-corrected chi connectivity index (χ4v) is 4.17. The van der Waals surface area contributed by atoms with Gasteiger partial charge in [-0.2, -0.15) is 0 Å². The molecule has 2 heteroatoms. The van der Waals surface area contributed by atoms with Crippen LogP contribution in [0.2, 0.25) is 0 Å². The first-order valence-corrected chi connectivity index (χ1v) is 9.57. The van der Waals surface area contributed by atoms with Gasteiger partial charge in [-0.1, -0.05) is 63.8 Å². The highest BCUT2D eigenvalue weighted by Crippen LogP contribution is 2.37. The van der Waals surface area contributed by atoms with Crippen molar-refractivity contribution in [2.24, 2.45) is 17.8 Å². The van der Waals surface area contributed by atoms with E-state index in [-0.39, 0.29) is 5.82 Å². The van der Waals surface area contributed by atoms with E-state index in [4.69, 9.17) is 0 Å². The van der Waals surface area contributed by atoms with Gasteiger partial charge in [0.05, 0.1) is 5.69 Å². The number of allylic oxidation sites excluding steroid dienone is 1. The third-order valence-electron chi connectivity index (χ3n) is 5.68. The zero-order valence-electron chi connectivity index (χ0n) is 15.3. The van der Waals surface area contributed by atoms with Crippen molar-refractivity contribution in [1.29, 1.82) is 0 Å². The van der Waals surface area contributed by atoms with Crippen molar-refractivity contribution in [1.82, 2.24) is 4.98 Å². The maximum Gasteiger partial charge on any atom is 0.123 e. The molecule has 0 aliphatic heterocycles. The lowest BCUT2D eigenvalue weighted by Gasteiger charge is -2.34. The Morgan fingerprint density at radius 1 is 1.16 bits per heavy atom. The second kappa shape index (κ2) is 8.42. The van der Waals surface area contributed by atoms with E-state index < -0.39 is 0 Å². The van der Waals surface area contributed by atoms with Crippen LogP contribution < -0.4 is 0 Å². The fourth-order valence-electron chi connectivity index (χ4n) is 4.17. The lowest BCUT2D eigenvalue weighted by Crippen LogP contribution is -2.24. The molecule has 0 bridgehead atoms. The maximum atomic E-state index is 13.3. The molecule has 1 aromatic heterocycles. The Kier molecular flexibility index (Phi) is 6.01. The summed E-state index contributed by atoms with van der Waals surface area (Å²) in [7, 11) is 0. The monoisotopic (exact) mass is 337 g/mol. The summed E-state index contributed by atoms with van der Waals surface area (Å²) in [6.07, 6.45) is 13.1. The van der Waals surface area contributed by atoms with Gasteiger partial charge in [-0.3, -0.25) is 4.98 Å². The molecule has 1 unspecified atom stereocenters. The van der Waals surface area contributed by atoms with Crippen molar-refractivity contribution in [2.75, 3.05) is 0 Å². The molecule has 1 aliphatic rings. The van der Waals surface area contributed by atoms with E-state index in [1.807, 2.05) is 24.4 Å². The summed E-state index contributed by atoms with van der Waals surface area (Å²) in [6, 6.07) is 10.7. The minimum absolute atomic E-state index is 0.215. The molecule has 1 saturated carbocycles. The first-order chi connectivity index (χ1) is 12.2. The van der Waals surface area contributed by atoms with Gasteiger partial charge in [-0.15, -0.1) is 0 Å². The number of rotatable bonds is 5. The molecule has 0 saturated heterocycles. The quantitative estimate of drug-likeness (QED) is 0.588. The number of hydrogen-bond acceptors (Lipinski definition) is 1. The molecule has 0 radical (unpaired) electrons. The van der Waals surface area contributed by atoms with Crippen LogP contribution in [0.1, 0.15) is 51.6 Å². The molecule has 1 heterocycles. The summed E-state index contributed by atoms with van der Waals surface area (Å²) in [5, 5.41) is 0. The van der Waals surface area contributed by atoms with Gasteiger partial charge >= 0.3 is 0 Å². The van der Waals surface area contributed by atoms with E-state index in [0.29, 0.717) is 5.92 Å². The Balaban J connectivity index is 1.67. The summed E-state index contributed by atoms with van der Waals surface area (Å²) < 4.78 is 13.3. The lowest BCUT2D eigenvalue weighted by atomic mass is 9.72. The van der Waals surface area contributed by atoms with Crippen LogP contribution in [0.3, 0.4) is 0 Å². The second-order valence-electron chi connectivity index (χ2n) is 7.32. The number of halogens is 1. The van der Waals surface area contributed by atoms with Crippen molar-refractivity contribution < 1.29 is 4.39 Å². The third-order valence-corrected chi connectivity index (χ3v) is 5.68. The van der Waals surface area contributed by atoms with Gasteiger partial charge in [-0.25, -0.2) is 4.39 Å². The third kappa shape index (κ3) is 4.56. The fraction of sp³-hybridized carbons (Fsp3) is 0.435. The standard InChI is InChI=1S/C23H28FN/c1-3-18-7-4-5-10-23(18)17(2)11-13-22-14-12-20(16-25-22)19-8-6-9-21(24)15-19/h6,8-9,11-18,23H,3-5,7,10H2,1-2H3/b13-11+/t17-,18?,23-/m0/s1. The van der Waals surface area contributed by atoms with Crippen LogP contribution in [0.25, 0.3) is 17.2 Å². The largest absolute Gasteiger partial charge is 0.256 e. The average Bonchev–Trinajstić information content (AvgIpc) is 2.66. The molecule has 1 nitrogen and oxygen atoms in total. The van der Waals surface area contributed by atoms with Crippen LogP contribution in [0.15, 0.2) is 48.7 Å². The van der Waals surface area contributed by atoms with E-state index in [1.54, 1.807) is 12.1 Å². The van der Waals surface area contributed by atoms with Crippen molar-refractivity contribution in [3.63, 3.8) is 0 Å². The molecular weight excluding hydrogens is 309 g/mol. The highest BCUT2D eigenvalue weighted by molar-refractivity contribution is 5.63. The molecule has 0 amide bonds. The topological polar surface area (TPSA) is 12.9 Å². The summed E-state index contributed by atoms with van der Waals surface area (Å²) in [4.78, 5) is 4.53. The zero-order valence-corrected chi connectivity index (χ0v) is 15.3. The Morgan fingerprint density at radius 2 is 2.00 bits per heavy atom. The minimum atomic E-state index is -0.215. The van der Waals surface area contributed by atoms with Gasteiger partial charge in [0.2, 0.25) is 0 Å². The van der Waals surface area contributed by atoms with Gasteiger partial charge in [0.15, 0.2) is 0 Å². The van der Waals surface area contributed by atoms with Gasteiger partial charge in [0, 0.05) is 11.8 Å². The highest BCUT2D eigenvalue weighted by atomic mass is 19.1. The first kappa shape index (κ1) is 17.8. The normalized spacial score (nSPS) is 22.2. The van der Waals surface area contributed by atoms with E-state index in [0.717, 1.165) is 28.7 Å². The molecule has 1 aliphatic carbocycles. The lowest BCUT2D eigenvalue weighted by molar-refractivity contribution is 0.190. The smallest absolute Gasteiger partial charge is 0.123 e. The van der Waals surface area contributed by atoms with E-state index in [1.165, 1.54) is 38.2 Å². The van der Waals surface area contributed by atoms with Crippen molar-refractivity contribution >= 4 is 6.08 Å². The number of nitrogens with zero attached hydrogens (tertiary/aromatic N) is 1. The number of hydrogen-bond donors (Lipinski definition) is 0. The minimum Gasteiger partial charge on any atom is -0.256 e. The van der Waals surface area contributed by atoms with Crippen LogP contribution in [-0.4, -0.2) is 4.98 Å². The molecule has 1 aromatic carbocycles. The molecule has 2 aromatic rings. The number of benzene rings is 1. The van der Waals surface area contributed by atoms with Crippen LogP contribution in [0.4, 0.5) is 4.39 Å². The molecule has 3 rings (SSSR count). The molecule has 3 atom stereocenters. The van der Waals surface area contributed by atoms with Gasteiger partial charge in [0.1, 0.15) is 5.82 Å². The van der Waals surface area contributed by atoms with Crippen molar-refractivity contribution in [3.05, 3.63) is 60.2 Å². The predicted octanol–water partition coefficient (Wildman–Crippen LogP) is 6.75. The summed E-state index contributed by atoms with van der Waals surface area (Å²) in [5.41, 5.74) is 2.78. The van der Waals surface area contributed by atoms with E-state index in [9.17, 15) is 4.39 Å². The zero-order chi connectivity index (χ0) is 17.6. The van der Waals surface area contributed by atoms with Gasteiger partial charge < -0.3 is 0 Å². The number of pyridine rings is 1. The van der Waals surface area contributed by atoms with Crippen molar-refractivity contribution in [2.45, 2.75) is 46.0 Å². The Labute approximate surface area is 151 Å². The first-order valence-electron chi connectivity index (χ1n) is 9.57. The Morgan fingerprint density at radius 3 is 2.72 bits per heavy atom. The predicted molar refractivity (Wildman–Crippen MR) is 104 cm³/mol. The van der Waals surface area contributed by atoms with Crippen LogP contribution in [-0.2, 0) is 0 Å². The van der Waals surface area contributed by atoms with Crippen LogP contribution in [0.5, 0.6) is 0 Å². The summed E-state index contributed by atoms with van der Waals surface area (Å²) >= 11 is 0. The second-order valence-corrected chi connectivity index (χ2v) is 7.32. The van der Waals surface area contributed by atoms with Gasteiger partial charge in [0.25, 0.3) is 0 Å². The molecule has 0 spiro atoms. The Bertz CT molecular complexity index is 704. The van der Waals surface area contributed by atoms with Gasteiger partial charge in [-0.05, 0) is 54.0 Å². The summed E-state index contributed by atoms with van der Waals surface area (Å²) in [5.74, 6) is 2.06. The van der Waals surface area contributed by atoms with E-state index >= 15 is 0 Å². The SMILES string of the molecule is CCC1CCCC[C@H]1[C@@H](C)/C=C/c1ccc(-c2cccc(F)c2)cn1. The summed E-state index contributed by atoms with van der Waals surface area (Å²) in [6.45, 7) is 4.67. The van der Waals surface area contributed by atoms with Crippen LogP contribution >= 0.6 is 0 Å². The molecular formula is C23H28FN. The van der Waals surface area contributed by atoms with E-state index in [2.05, 4.69) is 31.0 Å². The van der Waals surface area contributed by atoms with Crippen molar-refractivity contribution in [3.8, 4) is 11.1 Å².